The molecule has 0 amide bonds. The van der Waals surface area contributed by atoms with Crippen LogP contribution in [0.25, 0.3) is 0 Å². The Kier molecular flexibility index (Phi) is 4.47. The Morgan fingerprint density at radius 1 is 1.36 bits per heavy atom. The summed E-state index contributed by atoms with van der Waals surface area (Å²) in [5.74, 6) is 0. The van der Waals surface area contributed by atoms with E-state index in [-0.39, 0.29) is 6.10 Å². The highest BCUT2D eigenvalue weighted by atomic mass is 16.3. The van der Waals surface area contributed by atoms with Crippen LogP contribution in [0, 0.1) is 0 Å². The third-order valence-electron chi connectivity index (χ3n) is 2.38. The van der Waals surface area contributed by atoms with Crippen molar-refractivity contribution in [3.8, 4) is 0 Å². The average Bonchev–Trinajstić information content (AvgIpc) is 2.18. The molecule has 1 atom stereocenters. The van der Waals surface area contributed by atoms with Crippen LogP contribution in [0.3, 0.4) is 0 Å². The third kappa shape index (κ3) is 3.38. The van der Waals surface area contributed by atoms with Gasteiger partial charge in [0.2, 0.25) is 0 Å². The van der Waals surface area contributed by atoms with Gasteiger partial charge in [-0.25, -0.2) is 0 Å². The lowest BCUT2D eigenvalue weighted by Crippen LogP contribution is -1.98. The van der Waals surface area contributed by atoms with Crippen LogP contribution in [0.4, 0.5) is 5.69 Å². The lowest BCUT2D eigenvalue weighted by Gasteiger charge is -2.10. The predicted molar refractivity (Wildman–Crippen MR) is 60.0 cm³/mol. The number of hydrogen-bond donors (Lipinski definition) is 2. The Bertz CT molecular complexity index is 273. The molecule has 0 heterocycles. The Hall–Kier alpha value is -1.02. The first-order chi connectivity index (χ1) is 6.74. The first-order valence-electron chi connectivity index (χ1n) is 5.27. The number of aliphatic hydroxyl groups excluding tert-OH is 1. The molecule has 1 rings (SSSR count). The zero-order valence-electron chi connectivity index (χ0n) is 8.74. The fraction of sp³-hybridized carbons (Fsp3) is 0.500. The summed E-state index contributed by atoms with van der Waals surface area (Å²) in [6.45, 7) is 2.16. The van der Waals surface area contributed by atoms with Crippen LogP contribution in [-0.4, -0.2) is 5.11 Å². The predicted octanol–water partition coefficient (Wildman–Crippen LogP) is 2.88. The highest BCUT2D eigenvalue weighted by Crippen LogP contribution is 2.21. The largest absolute Gasteiger partial charge is 0.399 e. The highest BCUT2D eigenvalue weighted by molar-refractivity contribution is 5.41. The molecule has 2 nitrogen and oxygen atoms in total. The number of unbranched alkanes of at least 4 members (excludes halogenated alkanes) is 2. The van der Waals surface area contributed by atoms with Crippen molar-refractivity contribution in [2.24, 2.45) is 0 Å². The van der Waals surface area contributed by atoms with Gasteiger partial charge in [-0.15, -0.1) is 0 Å². The van der Waals surface area contributed by atoms with Gasteiger partial charge in [0.05, 0.1) is 6.10 Å². The summed E-state index contributed by atoms with van der Waals surface area (Å²) in [4.78, 5) is 0. The Labute approximate surface area is 85.8 Å². The zero-order valence-corrected chi connectivity index (χ0v) is 8.74. The molecule has 78 valence electrons. The number of hydrogen-bond acceptors (Lipinski definition) is 2. The van der Waals surface area contributed by atoms with Crippen LogP contribution >= 0.6 is 0 Å². The van der Waals surface area contributed by atoms with Gasteiger partial charge in [-0.05, 0) is 24.1 Å². The average molecular weight is 193 g/mol. The topological polar surface area (TPSA) is 46.2 Å². The lowest BCUT2D eigenvalue weighted by atomic mass is 10.0. The molecular formula is C12H19NO. The van der Waals surface area contributed by atoms with Crippen LogP contribution in [0.2, 0.25) is 0 Å². The molecule has 0 saturated heterocycles. The van der Waals surface area contributed by atoms with E-state index < -0.39 is 0 Å². The maximum Gasteiger partial charge on any atom is 0.0790 e. The molecule has 3 N–H and O–H groups in total. The van der Waals surface area contributed by atoms with Gasteiger partial charge in [0, 0.05) is 5.69 Å². The Morgan fingerprint density at radius 3 is 2.79 bits per heavy atom. The second-order valence-corrected chi connectivity index (χ2v) is 3.68. The molecule has 1 aromatic carbocycles. The van der Waals surface area contributed by atoms with Crippen LogP contribution in [-0.2, 0) is 0 Å². The van der Waals surface area contributed by atoms with Crippen LogP contribution < -0.4 is 5.73 Å². The van der Waals surface area contributed by atoms with Crippen molar-refractivity contribution in [3.05, 3.63) is 29.8 Å². The number of benzene rings is 1. The first-order valence-corrected chi connectivity index (χ1v) is 5.27. The minimum Gasteiger partial charge on any atom is -0.399 e. The summed E-state index contributed by atoms with van der Waals surface area (Å²) >= 11 is 0. The quantitative estimate of drug-likeness (QED) is 0.558. The Morgan fingerprint density at radius 2 is 2.14 bits per heavy atom. The van der Waals surface area contributed by atoms with Gasteiger partial charge in [-0.2, -0.15) is 0 Å². The van der Waals surface area contributed by atoms with Crippen LogP contribution in [0.1, 0.15) is 44.3 Å². The molecule has 0 aromatic heterocycles. The smallest absolute Gasteiger partial charge is 0.0790 e. The van der Waals surface area contributed by atoms with Crippen molar-refractivity contribution in [2.45, 2.75) is 38.7 Å². The Balaban J connectivity index is 2.47. The SMILES string of the molecule is CCCCCC(O)c1cccc(N)c1. The number of anilines is 1. The van der Waals surface area contributed by atoms with Gasteiger partial charge in [-0.1, -0.05) is 38.3 Å². The molecule has 0 fully saturated rings. The molecule has 0 aliphatic heterocycles. The number of aliphatic hydroxyl groups is 1. The monoisotopic (exact) mass is 193 g/mol. The molecule has 1 aromatic rings. The summed E-state index contributed by atoms with van der Waals surface area (Å²) in [5, 5.41) is 9.82. The van der Waals surface area contributed by atoms with Gasteiger partial charge in [-0.3, -0.25) is 0 Å². The van der Waals surface area contributed by atoms with Gasteiger partial charge in [0.25, 0.3) is 0 Å². The molecule has 0 bridgehead atoms. The van der Waals surface area contributed by atoms with Crippen molar-refractivity contribution < 1.29 is 5.11 Å². The van der Waals surface area contributed by atoms with Crippen molar-refractivity contribution in [3.63, 3.8) is 0 Å². The second-order valence-electron chi connectivity index (χ2n) is 3.68. The van der Waals surface area contributed by atoms with E-state index in [1.807, 2.05) is 24.3 Å². The van der Waals surface area contributed by atoms with Gasteiger partial charge in [0.1, 0.15) is 0 Å². The van der Waals surface area contributed by atoms with E-state index in [4.69, 9.17) is 5.73 Å². The molecular weight excluding hydrogens is 174 g/mol. The van der Waals surface area contributed by atoms with E-state index in [0.717, 1.165) is 24.1 Å². The third-order valence-corrected chi connectivity index (χ3v) is 2.38. The standard InChI is InChI=1S/C12H19NO/c1-2-3-4-8-12(14)10-6-5-7-11(13)9-10/h5-7,9,12,14H,2-4,8,13H2,1H3. The lowest BCUT2D eigenvalue weighted by molar-refractivity contribution is 0.163. The summed E-state index contributed by atoms with van der Waals surface area (Å²) in [6.07, 6.45) is 3.91. The van der Waals surface area contributed by atoms with Crippen molar-refractivity contribution in [1.82, 2.24) is 0 Å². The first kappa shape index (κ1) is 11.1. The highest BCUT2D eigenvalue weighted by Gasteiger charge is 2.06. The summed E-state index contributed by atoms with van der Waals surface area (Å²) in [5.41, 5.74) is 7.29. The number of nitrogen functional groups attached to an aromatic ring is 1. The zero-order chi connectivity index (χ0) is 10.4. The van der Waals surface area contributed by atoms with Crippen molar-refractivity contribution in [2.75, 3.05) is 5.73 Å². The fourth-order valence-electron chi connectivity index (χ4n) is 1.52. The molecule has 2 heteroatoms. The van der Waals surface area contributed by atoms with Crippen molar-refractivity contribution in [1.29, 1.82) is 0 Å². The van der Waals surface area contributed by atoms with E-state index in [1.165, 1.54) is 12.8 Å². The fourth-order valence-corrected chi connectivity index (χ4v) is 1.52. The maximum atomic E-state index is 9.82. The van der Waals surface area contributed by atoms with Gasteiger partial charge >= 0.3 is 0 Å². The molecule has 0 radical (unpaired) electrons. The van der Waals surface area contributed by atoms with Crippen molar-refractivity contribution >= 4 is 5.69 Å². The number of rotatable bonds is 5. The molecule has 0 saturated carbocycles. The van der Waals surface area contributed by atoms with Crippen LogP contribution in [0.15, 0.2) is 24.3 Å². The van der Waals surface area contributed by atoms with Gasteiger partial charge in [0.15, 0.2) is 0 Å². The summed E-state index contributed by atoms with van der Waals surface area (Å²) < 4.78 is 0. The normalized spacial score (nSPS) is 12.7. The molecule has 14 heavy (non-hydrogen) atoms. The molecule has 0 aliphatic rings. The minimum atomic E-state index is -0.356. The van der Waals surface area contributed by atoms with E-state index in [9.17, 15) is 5.11 Å². The van der Waals surface area contributed by atoms with Gasteiger partial charge < -0.3 is 10.8 Å². The summed E-state index contributed by atoms with van der Waals surface area (Å²) in [7, 11) is 0. The van der Waals surface area contributed by atoms with Crippen LogP contribution in [0.5, 0.6) is 0 Å². The van der Waals surface area contributed by atoms with E-state index >= 15 is 0 Å². The van der Waals surface area contributed by atoms with E-state index in [1.54, 1.807) is 0 Å². The molecule has 1 unspecified atom stereocenters. The summed E-state index contributed by atoms with van der Waals surface area (Å²) in [6, 6.07) is 7.49. The molecule has 0 spiro atoms. The van der Waals surface area contributed by atoms with E-state index in [2.05, 4.69) is 6.92 Å². The minimum absolute atomic E-state index is 0.356. The maximum absolute atomic E-state index is 9.82. The second kappa shape index (κ2) is 5.66. The number of nitrogens with two attached hydrogens (primary N) is 1. The molecule has 0 aliphatic carbocycles. The van der Waals surface area contributed by atoms with E-state index in [0.29, 0.717) is 0 Å².